The van der Waals surface area contributed by atoms with Crippen LogP contribution in [0.3, 0.4) is 0 Å². The molecule has 7 heteroatoms. The molecule has 1 aliphatic carbocycles. The monoisotopic (exact) mass is 314 g/mol. The number of ether oxygens (including phenoxy) is 2. The predicted octanol–water partition coefficient (Wildman–Crippen LogP) is 0.507. The van der Waals surface area contributed by atoms with Crippen LogP contribution >= 0.6 is 0 Å². The van der Waals surface area contributed by atoms with E-state index in [1.54, 1.807) is 0 Å². The Morgan fingerprint density at radius 2 is 1.77 bits per heavy atom. The lowest BCUT2D eigenvalue weighted by Crippen LogP contribution is -2.46. The molecule has 1 atom stereocenters. The zero-order valence-electron chi connectivity index (χ0n) is 13.4. The van der Waals surface area contributed by atoms with Crippen LogP contribution in [0, 0.1) is 5.41 Å². The highest BCUT2D eigenvalue weighted by atomic mass is 16.5. The summed E-state index contributed by atoms with van der Waals surface area (Å²) in [4.78, 5) is 35.3. The number of methoxy groups -OCH3 is 2. The Hall–Kier alpha value is -1.63. The molecule has 0 spiro atoms. The maximum absolute atomic E-state index is 12.2. The Morgan fingerprint density at radius 1 is 1.14 bits per heavy atom. The van der Waals surface area contributed by atoms with Crippen molar-refractivity contribution in [1.29, 1.82) is 0 Å². The molecular weight excluding hydrogens is 288 g/mol. The number of hydrogen-bond donors (Lipinski definition) is 2. The van der Waals surface area contributed by atoms with E-state index < -0.39 is 18.0 Å². The third-order valence-corrected chi connectivity index (χ3v) is 4.30. The van der Waals surface area contributed by atoms with Crippen LogP contribution < -0.4 is 11.1 Å². The number of carbonyl (C=O) groups is 3. The van der Waals surface area contributed by atoms with Gasteiger partial charge in [0.15, 0.2) is 0 Å². The minimum absolute atomic E-state index is 0.200. The van der Waals surface area contributed by atoms with Gasteiger partial charge in [-0.3, -0.25) is 9.59 Å². The van der Waals surface area contributed by atoms with Crippen LogP contribution in [0.5, 0.6) is 0 Å². The Labute approximate surface area is 130 Å². The van der Waals surface area contributed by atoms with Crippen molar-refractivity contribution in [1.82, 2.24) is 5.32 Å². The molecular formula is C15H26N2O5. The normalized spacial score (nSPS) is 18.1. The summed E-state index contributed by atoms with van der Waals surface area (Å²) in [6.07, 6.45) is 5.13. The molecule has 0 bridgehead atoms. The van der Waals surface area contributed by atoms with Crippen molar-refractivity contribution >= 4 is 17.8 Å². The number of carbonyl (C=O) groups excluding carboxylic acids is 3. The van der Waals surface area contributed by atoms with Crippen molar-refractivity contribution in [3.63, 3.8) is 0 Å². The van der Waals surface area contributed by atoms with Crippen LogP contribution in [0.15, 0.2) is 0 Å². The summed E-state index contributed by atoms with van der Waals surface area (Å²) >= 11 is 0. The maximum Gasteiger partial charge on any atom is 0.328 e. The molecule has 0 heterocycles. The Balaban J connectivity index is 2.65. The lowest BCUT2D eigenvalue weighted by Gasteiger charge is -2.35. The van der Waals surface area contributed by atoms with Gasteiger partial charge in [0.25, 0.3) is 0 Å². The summed E-state index contributed by atoms with van der Waals surface area (Å²) in [7, 11) is 2.44. The van der Waals surface area contributed by atoms with Crippen molar-refractivity contribution in [2.75, 3.05) is 20.8 Å². The van der Waals surface area contributed by atoms with Crippen molar-refractivity contribution in [2.45, 2.75) is 51.0 Å². The van der Waals surface area contributed by atoms with Gasteiger partial charge < -0.3 is 20.5 Å². The molecule has 0 aliphatic heterocycles. The summed E-state index contributed by atoms with van der Waals surface area (Å²) in [6.45, 7) is 0.445. The molecule has 0 aromatic heterocycles. The molecule has 0 saturated heterocycles. The van der Waals surface area contributed by atoms with Crippen molar-refractivity contribution in [3.05, 3.63) is 0 Å². The third-order valence-electron chi connectivity index (χ3n) is 4.30. The topological polar surface area (TPSA) is 108 Å². The lowest BCUT2D eigenvalue weighted by molar-refractivity contribution is -0.151. The van der Waals surface area contributed by atoms with Gasteiger partial charge in [-0.05, 0) is 24.8 Å². The van der Waals surface area contributed by atoms with Gasteiger partial charge in [0.2, 0.25) is 5.91 Å². The first-order chi connectivity index (χ1) is 10.5. The minimum Gasteiger partial charge on any atom is -0.469 e. The molecule has 1 fully saturated rings. The van der Waals surface area contributed by atoms with Crippen molar-refractivity contribution in [3.8, 4) is 0 Å². The minimum atomic E-state index is -1.02. The molecule has 0 aromatic carbocycles. The quantitative estimate of drug-likeness (QED) is 0.663. The zero-order chi connectivity index (χ0) is 16.6. The molecule has 0 aromatic rings. The number of hydrogen-bond acceptors (Lipinski definition) is 6. The van der Waals surface area contributed by atoms with Crippen LogP contribution in [0.4, 0.5) is 0 Å². The number of nitrogens with two attached hydrogens (primary N) is 1. The molecule has 1 amide bonds. The van der Waals surface area contributed by atoms with Gasteiger partial charge in [0.05, 0.1) is 20.6 Å². The molecule has 0 radical (unpaired) electrons. The van der Waals surface area contributed by atoms with E-state index in [0.717, 1.165) is 32.1 Å². The number of esters is 2. The van der Waals surface area contributed by atoms with E-state index in [0.29, 0.717) is 6.54 Å². The standard InChI is InChI=1S/C15H26N2O5/c1-21-13(19)8-11(14(20)22-2)17-12(18)9-15(10-16)6-4-3-5-7-15/h11H,3-10,16H2,1-2H3,(H,17,18). The van der Waals surface area contributed by atoms with Crippen LogP contribution in [0.1, 0.15) is 44.9 Å². The van der Waals surface area contributed by atoms with E-state index in [1.165, 1.54) is 14.2 Å². The van der Waals surface area contributed by atoms with E-state index in [9.17, 15) is 14.4 Å². The average Bonchev–Trinajstić information content (AvgIpc) is 2.53. The first-order valence-electron chi connectivity index (χ1n) is 7.60. The van der Waals surface area contributed by atoms with Gasteiger partial charge in [-0.25, -0.2) is 4.79 Å². The maximum atomic E-state index is 12.2. The predicted molar refractivity (Wildman–Crippen MR) is 79.8 cm³/mol. The van der Waals surface area contributed by atoms with E-state index in [-0.39, 0.29) is 24.2 Å². The SMILES string of the molecule is COC(=O)CC(NC(=O)CC1(CN)CCCCC1)C(=O)OC. The largest absolute Gasteiger partial charge is 0.469 e. The molecule has 7 nitrogen and oxygen atoms in total. The molecule has 1 saturated carbocycles. The van der Waals surface area contributed by atoms with Gasteiger partial charge in [0.1, 0.15) is 6.04 Å². The Bertz CT molecular complexity index is 405. The molecule has 1 rings (SSSR count). The van der Waals surface area contributed by atoms with Crippen LogP contribution in [0.2, 0.25) is 0 Å². The molecule has 3 N–H and O–H groups in total. The summed E-state index contributed by atoms with van der Waals surface area (Å²) in [5.41, 5.74) is 5.66. The van der Waals surface area contributed by atoms with Gasteiger partial charge in [-0.15, -0.1) is 0 Å². The fraction of sp³-hybridized carbons (Fsp3) is 0.800. The van der Waals surface area contributed by atoms with Crippen molar-refractivity contribution in [2.24, 2.45) is 11.1 Å². The first-order valence-corrected chi connectivity index (χ1v) is 7.60. The lowest BCUT2D eigenvalue weighted by atomic mass is 9.71. The number of rotatable bonds is 7. The Morgan fingerprint density at radius 3 is 2.27 bits per heavy atom. The second-order valence-corrected chi connectivity index (χ2v) is 5.87. The highest BCUT2D eigenvalue weighted by Gasteiger charge is 2.34. The molecule has 126 valence electrons. The second kappa shape index (κ2) is 8.73. The summed E-state index contributed by atoms with van der Waals surface area (Å²) < 4.78 is 9.14. The van der Waals surface area contributed by atoms with E-state index in [1.807, 2.05) is 0 Å². The fourth-order valence-corrected chi connectivity index (χ4v) is 2.93. The summed E-state index contributed by atoms with van der Waals surface area (Å²) in [5, 5.41) is 2.57. The zero-order valence-corrected chi connectivity index (χ0v) is 13.4. The van der Waals surface area contributed by atoms with Crippen molar-refractivity contribution < 1.29 is 23.9 Å². The van der Waals surface area contributed by atoms with Gasteiger partial charge in [0, 0.05) is 6.42 Å². The molecule has 22 heavy (non-hydrogen) atoms. The third kappa shape index (κ3) is 5.29. The highest BCUT2D eigenvalue weighted by molar-refractivity contribution is 5.88. The average molecular weight is 314 g/mol. The first kappa shape index (κ1) is 18.4. The van der Waals surface area contributed by atoms with Crippen LogP contribution in [-0.2, 0) is 23.9 Å². The smallest absolute Gasteiger partial charge is 0.328 e. The highest BCUT2D eigenvalue weighted by Crippen LogP contribution is 2.38. The fourth-order valence-electron chi connectivity index (χ4n) is 2.93. The van der Waals surface area contributed by atoms with Gasteiger partial charge in [-0.1, -0.05) is 19.3 Å². The van der Waals surface area contributed by atoms with Crippen LogP contribution in [0.25, 0.3) is 0 Å². The number of amides is 1. The number of nitrogens with one attached hydrogen (secondary N) is 1. The van der Waals surface area contributed by atoms with Crippen LogP contribution in [-0.4, -0.2) is 44.7 Å². The van der Waals surface area contributed by atoms with Gasteiger partial charge >= 0.3 is 11.9 Å². The summed E-state index contributed by atoms with van der Waals surface area (Å²) in [5.74, 6) is -1.53. The van der Waals surface area contributed by atoms with E-state index >= 15 is 0 Å². The molecule has 1 aliphatic rings. The van der Waals surface area contributed by atoms with E-state index in [4.69, 9.17) is 5.73 Å². The Kier molecular flexibility index (Phi) is 7.31. The second-order valence-electron chi connectivity index (χ2n) is 5.87. The molecule has 1 unspecified atom stereocenters. The van der Waals surface area contributed by atoms with Gasteiger partial charge in [-0.2, -0.15) is 0 Å². The summed E-state index contributed by atoms with van der Waals surface area (Å²) in [6, 6.07) is -1.02. The van der Waals surface area contributed by atoms with E-state index in [2.05, 4.69) is 14.8 Å².